The highest BCUT2D eigenvalue weighted by Crippen LogP contribution is 2.25. The summed E-state index contributed by atoms with van der Waals surface area (Å²) in [6.45, 7) is 0. The highest BCUT2D eigenvalue weighted by atomic mass is 16.5. The van der Waals surface area contributed by atoms with E-state index in [1.165, 1.54) is 0 Å². The second-order valence-corrected chi connectivity index (χ2v) is 7.20. The van der Waals surface area contributed by atoms with Gasteiger partial charge in [0, 0.05) is 40.9 Å². The van der Waals surface area contributed by atoms with Gasteiger partial charge in [-0.15, -0.1) is 0 Å². The molecule has 0 aliphatic carbocycles. The number of hydrogen-bond acceptors (Lipinski definition) is 6. The summed E-state index contributed by atoms with van der Waals surface area (Å²) in [5, 5.41) is 7.22. The van der Waals surface area contributed by atoms with Crippen molar-refractivity contribution >= 4 is 34.0 Å². The van der Waals surface area contributed by atoms with Crippen LogP contribution in [0.15, 0.2) is 104 Å². The summed E-state index contributed by atoms with van der Waals surface area (Å²) in [7, 11) is 0. The average Bonchev–Trinajstić information content (AvgIpc) is 2.86. The molecule has 0 atom stereocenters. The summed E-state index contributed by atoms with van der Waals surface area (Å²) in [6.07, 6.45) is 6.63. The Morgan fingerprint density at radius 2 is 1.58 bits per heavy atom. The summed E-state index contributed by atoms with van der Waals surface area (Å²) in [5.41, 5.74) is 3.27. The second kappa shape index (κ2) is 9.15. The van der Waals surface area contributed by atoms with E-state index in [9.17, 15) is 4.79 Å². The number of amides is 1. The molecule has 2 N–H and O–H groups in total. The molecule has 0 radical (unpaired) electrons. The van der Waals surface area contributed by atoms with E-state index in [4.69, 9.17) is 4.74 Å². The zero-order chi connectivity index (χ0) is 22.5. The molecule has 0 bridgehead atoms. The molecule has 33 heavy (non-hydrogen) atoms. The number of aromatic nitrogens is 3. The molecule has 7 nitrogen and oxygen atoms in total. The van der Waals surface area contributed by atoms with Crippen LogP contribution >= 0.6 is 0 Å². The van der Waals surface area contributed by atoms with Gasteiger partial charge in [0.2, 0.25) is 0 Å². The van der Waals surface area contributed by atoms with Gasteiger partial charge in [-0.05, 0) is 60.7 Å². The molecule has 0 aliphatic rings. The minimum absolute atomic E-state index is 0.244. The molecule has 0 spiro atoms. The van der Waals surface area contributed by atoms with E-state index in [1.54, 1.807) is 61.2 Å². The normalized spacial score (nSPS) is 10.5. The Kier molecular flexibility index (Phi) is 5.59. The highest BCUT2D eigenvalue weighted by molar-refractivity contribution is 6.04. The van der Waals surface area contributed by atoms with Gasteiger partial charge >= 0.3 is 0 Å². The van der Waals surface area contributed by atoms with Gasteiger partial charge < -0.3 is 15.4 Å². The molecule has 0 aliphatic heterocycles. The fraction of sp³-hybridized carbons (Fsp3) is 0. The summed E-state index contributed by atoms with van der Waals surface area (Å²) < 4.78 is 5.69. The number of carbonyl (C=O) groups is 1. The largest absolute Gasteiger partial charge is 0.456 e. The highest BCUT2D eigenvalue weighted by Gasteiger charge is 2.08. The van der Waals surface area contributed by atoms with E-state index in [-0.39, 0.29) is 5.91 Å². The van der Waals surface area contributed by atoms with Gasteiger partial charge in [-0.1, -0.05) is 18.2 Å². The maximum absolute atomic E-state index is 12.6. The van der Waals surface area contributed by atoms with E-state index in [1.807, 2.05) is 42.5 Å². The molecular weight excluding hydrogens is 414 g/mol. The van der Waals surface area contributed by atoms with Crippen molar-refractivity contribution in [2.75, 3.05) is 10.6 Å². The number of hydrogen-bond donors (Lipinski definition) is 2. The van der Waals surface area contributed by atoms with Crippen molar-refractivity contribution in [2.45, 2.75) is 0 Å². The molecule has 5 rings (SSSR count). The number of fused-ring (bicyclic) bond motifs is 1. The van der Waals surface area contributed by atoms with Crippen LogP contribution in [-0.2, 0) is 0 Å². The number of para-hydroxylation sites is 1. The van der Waals surface area contributed by atoms with E-state index in [0.29, 0.717) is 22.9 Å². The fourth-order valence-electron chi connectivity index (χ4n) is 3.31. The van der Waals surface area contributed by atoms with Crippen LogP contribution in [-0.4, -0.2) is 20.9 Å². The van der Waals surface area contributed by atoms with Crippen molar-refractivity contribution in [1.29, 1.82) is 0 Å². The van der Waals surface area contributed by atoms with Gasteiger partial charge in [0.15, 0.2) is 0 Å². The minimum Gasteiger partial charge on any atom is -0.456 e. The Morgan fingerprint density at radius 1 is 0.758 bits per heavy atom. The number of ether oxygens (including phenoxy) is 1. The molecule has 160 valence electrons. The molecule has 0 saturated carbocycles. The average molecular weight is 433 g/mol. The van der Waals surface area contributed by atoms with Gasteiger partial charge in [-0.25, -0.2) is 4.98 Å². The first-order chi connectivity index (χ1) is 16.2. The van der Waals surface area contributed by atoms with Crippen molar-refractivity contribution in [2.24, 2.45) is 0 Å². The molecule has 3 heterocycles. The Balaban J connectivity index is 1.23. The first-order valence-electron chi connectivity index (χ1n) is 10.3. The van der Waals surface area contributed by atoms with Gasteiger partial charge in [-0.3, -0.25) is 14.8 Å². The second-order valence-electron chi connectivity index (χ2n) is 7.20. The van der Waals surface area contributed by atoms with Gasteiger partial charge in [0.1, 0.15) is 17.3 Å². The molecule has 0 saturated heterocycles. The van der Waals surface area contributed by atoms with Crippen LogP contribution in [0, 0.1) is 0 Å². The van der Waals surface area contributed by atoms with Crippen LogP contribution in [0.4, 0.5) is 17.2 Å². The summed E-state index contributed by atoms with van der Waals surface area (Å²) in [4.78, 5) is 25.2. The number of pyridine rings is 3. The van der Waals surface area contributed by atoms with Crippen LogP contribution in [0.2, 0.25) is 0 Å². The van der Waals surface area contributed by atoms with Gasteiger partial charge in [-0.2, -0.15) is 0 Å². The Morgan fingerprint density at radius 3 is 2.36 bits per heavy atom. The number of nitrogens with zero attached hydrogens (tertiary/aromatic N) is 3. The van der Waals surface area contributed by atoms with Crippen molar-refractivity contribution in [3.05, 3.63) is 109 Å². The van der Waals surface area contributed by atoms with Crippen LogP contribution < -0.4 is 15.4 Å². The standard InChI is InChI=1S/C26H19N5O2/c32-26(31-25-10-9-21(17-29-25)33-20-11-14-27-15-12-20)18-5-7-19(8-6-18)30-24-13-16-28-23-4-2-1-3-22(23)24/h1-17H,(H,28,30)(H,29,31,32). The van der Waals surface area contributed by atoms with Crippen LogP contribution in [0.3, 0.4) is 0 Å². The first kappa shape index (κ1) is 20.1. The number of rotatable bonds is 6. The molecule has 0 unspecified atom stereocenters. The Labute approximate surface area is 190 Å². The number of benzene rings is 2. The molecule has 3 aromatic heterocycles. The van der Waals surface area contributed by atoms with Crippen LogP contribution in [0.1, 0.15) is 10.4 Å². The minimum atomic E-state index is -0.244. The summed E-state index contributed by atoms with van der Waals surface area (Å²) in [5.74, 6) is 1.43. The lowest BCUT2D eigenvalue weighted by molar-refractivity contribution is 0.102. The molecule has 2 aromatic carbocycles. The van der Waals surface area contributed by atoms with E-state index >= 15 is 0 Å². The van der Waals surface area contributed by atoms with E-state index in [0.717, 1.165) is 22.3 Å². The van der Waals surface area contributed by atoms with Crippen molar-refractivity contribution in [1.82, 2.24) is 15.0 Å². The molecule has 0 fully saturated rings. The van der Waals surface area contributed by atoms with Crippen molar-refractivity contribution in [3.63, 3.8) is 0 Å². The quantitative estimate of drug-likeness (QED) is 0.351. The fourth-order valence-corrected chi connectivity index (χ4v) is 3.31. The molecular formula is C26H19N5O2. The van der Waals surface area contributed by atoms with Gasteiger partial charge in [0.05, 0.1) is 11.7 Å². The number of anilines is 3. The smallest absolute Gasteiger partial charge is 0.256 e. The lowest BCUT2D eigenvalue weighted by atomic mass is 10.1. The van der Waals surface area contributed by atoms with Crippen LogP contribution in [0.25, 0.3) is 10.9 Å². The third-order valence-electron chi connectivity index (χ3n) is 4.94. The molecule has 5 aromatic rings. The summed E-state index contributed by atoms with van der Waals surface area (Å²) >= 11 is 0. The summed E-state index contributed by atoms with van der Waals surface area (Å²) in [6, 6.07) is 24.1. The number of carbonyl (C=O) groups excluding carboxylic acids is 1. The number of nitrogens with one attached hydrogen (secondary N) is 2. The van der Waals surface area contributed by atoms with Crippen molar-refractivity contribution in [3.8, 4) is 11.5 Å². The molecule has 1 amide bonds. The lowest BCUT2D eigenvalue weighted by Crippen LogP contribution is -2.12. The van der Waals surface area contributed by atoms with E-state index in [2.05, 4.69) is 25.6 Å². The topological polar surface area (TPSA) is 89.0 Å². The monoisotopic (exact) mass is 433 g/mol. The first-order valence-corrected chi connectivity index (χ1v) is 10.3. The lowest BCUT2D eigenvalue weighted by Gasteiger charge is -2.10. The maximum atomic E-state index is 12.6. The van der Waals surface area contributed by atoms with Crippen molar-refractivity contribution < 1.29 is 9.53 Å². The SMILES string of the molecule is O=C(Nc1ccc(Oc2ccncc2)cn1)c1ccc(Nc2ccnc3ccccc23)cc1. The Hall–Kier alpha value is -4.78. The Bertz CT molecular complexity index is 1380. The van der Waals surface area contributed by atoms with Crippen LogP contribution in [0.5, 0.6) is 11.5 Å². The molecule has 7 heteroatoms. The van der Waals surface area contributed by atoms with Gasteiger partial charge in [0.25, 0.3) is 5.91 Å². The predicted octanol–water partition coefficient (Wildman–Crippen LogP) is 5.81. The zero-order valence-corrected chi connectivity index (χ0v) is 17.5. The predicted molar refractivity (Wildman–Crippen MR) is 128 cm³/mol. The van der Waals surface area contributed by atoms with E-state index < -0.39 is 0 Å². The zero-order valence-electron chi connectivity index (χ0n) is 17.5. The third kappa shape index (κ3) is 4.77. The third-order valence-corrected chi connectivity index (χ3v) is 4.94. The maximum Gasteiger partial charge on any atom is 0.256 e.